The summed E-state index contributed by atoms with van der Waals surface area (Å²) >= 11 is 0. The van der Waals surface area contributed by atoms with Crippen LogP contribution < -0.4 is 10.1 Å². The first-order valence-electron chi connectivity index (χ1n) is 6.60. The van der Waals surface area contributed by atoms with E-state index in [9.17, 15) is 9.18 Å². The third-order valence-electron chi connectivity index (χ3n) is 3.39. The summed E-state index contributed by atoms with van der Waals surface area (Å²) in [6, 6.07) is 7.76. The summed E-state index contributed by atoms with van der Waals surface area (Å²) in [4.78, 5) is 15.0. The summed E-state index contributed by atoms with van der Waals surface area (Å²) in [5.41, 5.74) is 1.34. The zero-order valence-corrected chi connectivity index (χ0v) is 10.9. The van der Waals surface area contributed by atoms with Gasteiger partial charge in [0, 0.05) is 17.8 Å². The number of hydrogen-bond acceptors (Lipinski definition) is 2. The second-order valence-corrected chi connectivity index (χ2v) is 4.78. The highest BCUT2D eigenvalue weighted by Gasteiger charge is 2.22. The van der Waals surface area contributed by atoms with Gasteiger partial charge in [0.2, 0.25) is 0 Å². The fourth-order valence-corrected chi connectivity index (χ4v) is 2.40. The zero-order chi connectivity index (χ0) is 13.9. The number of aromatic nitrogens is 1. The lowest BCUT2D eigenvalue weighted by atomic mass is 10.0. The summed E-state index contributed by atoms with van der Waals surface area (Å²) < 4.78 is 18.8. The fourth-order valence-electron chi connectivity index (χ4n) is 2.40. The van der Waals surface area contributed by atoms with Crippen LogP contribution in [0.4, 0.5) is 4.39 Å². The molecule has 1 atom stereocenters. The Balaban J connectivity index is 1.85. The van der Waals surface area contributed by atoms with Gasteiger partial charge in [0.15, 0.2) is 0 Å². The maximum absolute atomic E-state index is 13.3. The van der Waals surface area contributed by atoms with Crippen LogP contribution in [-0.4, -0.2) is 17.5 Å². The van der Waals surface area contributed by atoms with Crippen molar-refractivity contribution in [2.24, 2.45) is 0 Å². The van der Waals surface area contributed by atoms with Crippen molar-refractivity contribution in [3.8, 4) is 5.75 Å². The van der Waals surface area contributed by atoms with E-state index < -0.39 is 0 Å². The molecule has 20 heavy (non-hydrogen) atoms. The SMILES string of the molecule is O=C(NC1CCCOc2cc(F)ccc21)c1ccc[nH]1. The molecule has 2 N–H and O–H groups in total. The van der Waals surface area contributed by atoms with Crippen LogP contribution in [0.15, 0.2) is 36.5 Å². The fraction of sp³-hybridized carbons (Fsp3) is 0.267. The van der Waals surface area contributed by atoms with Crippen LogP contribution in [0.25, 0.3) is 0 Å². The number of carbonyl (C=O) groups excluding carboxylic acids is 1. The number of H-pyrrole nitrogens is 1. The van der Waals surface area contributed by atoms with Gasteiger partial charge in [-0.05, 0) is 31.0 Å². The van der Waals surface area contributed by atoms with E-state index in [1.807, 2.05) is 0 Å². The van der Waals surface area contributed by atoms with Gasteiger partial charge in [-0.25, -0.2) is 4.39 Å². The van der Waals surface area contributed by atoms with Crippen LogP contribution in [0.1, 0.15) is 34.9 Å². The van der Waals surface area contributed by atoms with Crippen LogP contribution in [0.3, 0.4) is 0 Å². The average molecular weight is 274 g/mol. The predicted octanol–water partition coefficient (Wildman–Crippen LogP) is 2.80. The molecule has 5 heteroatoms. The number of ether oxygens (including phenoxy) is 1. The smallest absolute Gasteiger partial charge is 0.268 e. The van der Waals surface area contributed by atoms with Gasteiger partial charge in [-0.3, -0.25) is 4.79 Å². The van der Waals surface area contributed by atoms with Gasteiger partial charge in [0.1, 0.15) is 17.3 Å². The van der Waals surface area contributed by atoms with Crippen LogP contribution in [0, 0.1) is 5.82 Å². The summed E-state index contributed by atoms with van der Waals surface area (Å²) in [5.74, 6) is 0.0107. The number of aromatic amines is 1. The van der Waals surface area contributed by atoms with E-state index in [-0.39, 0.29) is 17.8 Å². The molecule has 0 saturated heterocycles. The lowest BCUT2D eigenvalue weighted by Gasteiger charge is -2.18. The van der Waals surface area contributed by atoms with Gasteiger partial charge in [-0.15, -0.1) is 0 Å². The van der Waals surface area contributed by atoms with Crippen LogP contribution >= 0.6 is 0 Å². The summed E-state index contributed by atoms with van der Waals surface area (Å²) in [6.07, 6.45) is 3.28. The molecule has 0 aliphatic carbocycles. The Labute approximate surface area is 116 Å². The summed E-state index contributed by atoms with van der Waals surface area (Å²) in [5, 5.41) is 2.96. The van der Waals surface area contributed by atoms with Crippen molar-refractivity contribution in [2.45, 2.75) is 18.9 Å². The van der Waals surface area contributed by atoms with E-state index in [0.717, 1.165) is 18.4 Å². The van der Waals surface area contributed by atoms with E-state index in [0.29, 0.717) is 18.1 Å². The van der Waals surface area contributed by atoms with Crippen molar-refractivity contribution in [2.75, 3.05) is 6.61 Å². The zero-order valence-electron chi connectivity index (χ0n) is 10.9. The molecule has 0 bridgehead atoms. The first-order valence-corrected chi connectivity index (χ1v) is 6.60. The first kappa shape index (κ1) is 12.7. The molecule has 0 spiro atoms. The van der Waals surface area contributed by atoms with E-state index >= 15 is 0 Å². The second kappa shape index (κ2) is 5.36. The minimum absolute atomic E-state index is 0.163. The number of amides is 1. The Morgan fingerprint density at radius 3 is 3.10 bits per heavy atom. The Kier molecular flexibility index (Phi) is 3.41. The lowest BCUT2D eigenvalue weighted by Crippen LogP contribution is -2.28. The maximum atomic E-state index is 13.3. The highest BCUT2D eigenvalue weighted by atomic mass is 19.1. The number of halogens is 1. The molecule has 1 aromatic carbocycles. The number of fused-ring (bicyclic) bond motifs is 1. The van der Waals surface area contributed by atoms with Crippen molar-refractivity contribution < 1.29 is 13.9 Å². The van der Waals surface area contributed by atoms with Gasteiger partial charge in [-0.2, -0.15) is 0 Å². The number of hydrogen-bond donors (Lipinski definition) is 2. The van der Waals surface area contributed by atoms with Crippen LogP contribution in [-0.2, 0) is 0 Å². The normalized spacial score (nSPS) is 17.8. The third kappa shape index (κ3) is 2.52. The van der Waals surface area contributed by atoms with Gasteiger partial charge >= 0.3 is 0 Å². The molecule has 1 aliphatic rings. The first-order chi connectivity index (χ1) is 9.74. The predicted molar refractivity (Wildman–Crippen MR) is 72.1 cm³/mol. The van der Waals surface area contributed by atoms with Gasteiger partial charge < -0.3 is 15.0 Å². The van der Waals surface area contributed by atoms with Gasteiger partial charge in [0.25, 0.3) is 5.91 Å². The summed E-state index contributed by atoms with van der Waals surface area (Å²) in [6.45, 7) is 0.533. The molecule has 1 aliphatic heterocycles. The van der Waals surface area contributed by atoms with Crippen molar-refractivity contribution >= 4 is 5.91 Å². The molecule has 104 valence electrons. The van der Waals surface area contributed by atoms with Crippen LogP contribution in [0.5, 0.6) is 5.75 Å². The highest BCUT2D eigenvalue weighted by molar-refractivity contribution is 5.92. The number of benzene rings is 1. The molecular weight excluding hydrogens is 259 g/mol. The standard InChI is InChI=1S/C15H15FN2O2/c16-10-5-6-11-12(4-2-8-20-14(11)9-10)18-15(19)13-3-1-7-17-13/h1,3,5-7,9,12,17H,2,4,8H2,(H,18,19). The van der Waals surface area contributed by atoms with Crippen LogP contribution in [0.2, 0.25) is 0 Å². The molecule has 2 heterocycles. The van der Waals surface area contributed by atoms with Gasteiger partial charge in [0.05, 0.1) is 12.6 Å². The maximum Gasteiger partial charge on any atom is 0.268 e. The molecular formula is C15H15FN2O2. The topological polar surface area (TPSA) is 54.1 Å². The second-order valence-electron chi connectivity index (χ2n) is 4.78. The van der Waals surface area contributed by atoms with Crippen molar-refractivity contribution in [3.05, 3.63) is 53.6 Å². The molecule has 2 aromatic rings. The number of carbonyl (C=O) groups is 1. The average Bonchev–Trinajstić information content (AvgIpc) is 2.90. The summed E-state index contributed by atoms with van der Waals surface area (Å²) in [7, 11) is 0. The Morgan fingerprint density at radius 1 is 1.40 bits per heavy atom. The Morgan fingerprint density at radius 2 is 2.30 bits per heavy atom. The number of rotatable bonds is 2. The Hall–Kier alpha value is -2.30. The van der Waals surface area contributed by atoms with E-state index in [1.54, 1.807) is 24.4 Å². The molecule has 1 unspecified atom stereocenters. The molecule has 3 rings (SSSR count). The Bertz CT molecular complexity index is 610. The minimum Gasteiger partial charge on any atom is -0.493 e. The van der Waals surface area contributed by atoms with Crippen molar-refractivity contribution in [1.29, 1.82) is 0 Å². The molecule has 0 radical (unpaired) electrons. The number of nitrogens with one attached hydrogen (secondary N) is 2. The van der Waals surface area contributed by atoms with E-state index in [1.165, 1.54) is 12.1 Å². The van der Waals surface area contributed by atoms with Crippen molar-refractivity contribution in [3.63, 3.8) is 0 Å². The minimum atomic E-state index is -0.333. The molecule has 0 saturated carbocycles. The largest absolute Gasteiger partial charge is 0.493 e. The lowest BCUT2D eigenvalue weighted by molar-refractivity contribution is 0.0930. The molecule has 0 fully saturated rings. The van der Waals surface area contributed by atoms with Crippen molar-refractivity contribution in [1.82, 2.24) is 10.3 Å². The third-order valence-corrected chi connectivity index (χ3v) is 3.39. The van der Waals surface area contributed by atoms with E-state index in [2.05, 4.69) is 10.3 Å². The molecule has 1 amide bonds. The van der Waals surface area contributed by atoms with E-state index in [4.69, 9.17) is 4.74 Å². The highest BCUT2D eigenvalue weighted by Crippen LogP contribution is 2.32. The van der Waals surface area contributed by atoms with Gasteiger partial charge in [-0.1, -0.05) is 6.07 Å². The monoisotopic (exact) mass is 274 g/mol. The molecule has 1 aromatic heterocycles. The quantitative estimate of drug-likeness (QED) is 0.884. The molecule has 4 nitrogen and oxygen atoms in total.